The summed E-state index contributed by atoms with van der Waals surface area (Å²) < 4.78 is 15.7. The van der Waals surface area contributed by atoms with Crippen LogP contribution in [0.4, 0.5) is 10.1 Å². The number of rotatable bonds is 3. The Morgan fingerprint density at radius 1 is 1.42 bits per heavy atom. The largest absolute Gasteiger partial charge is 0.367 e. The van der Waals surface area contributed by atoms with Gasteiger partial charge in [-0.2, -0.15) is 0 Å². The Labute approximate surface area is 110 Å². The minimum absolute atomic E-state index is 0.110. The molecule has 0 unspecified atom stereocenters. The molecule has 3 rings (SSSR count). The van der Waals surface area contributed by atoms with Crippen molar-refractivity contribution in [2.75, 3.05) is 18.0 Å². The molecule has 2 N–H and O–H groups in total. The minimum atomic E-state index is -0.233. The first-order valence-corrected chi connectivity index (χ1v) is 6.24. The van der Waals surface area contributed by atoms with Crippen LogP contribution in [0.3, 0.4) is 0 Å². The number of hydrogen-bond donors (Lipinski definition) is 1. The number of benzene rings is 1. The highest BCUT2D eigenvalue weighted by Crippen LogP contribution is 2.28. The average Bonchev–Trinajstić information content (AvgIpc) is 3.01. The molecule has 0 saturated carbocycles. The summed E-state index contributed by atoms with van der Waals surface area (Å²) in [5.41, 5.74) is 7.26. The Morgan fingerprint density at radius 3 is 3.00 bits per heavy atom. The summed E-state index contributed by atoms with van der Waals surface area (Å²) in [6.07, 6.45) is 4.18. The van der Waals surface area contributed by atoms with Gasteiger partial charge < -0.3 is 10.6 Å². The molecule has 19 heavy (non-hydrogen) atoms. The van der Waals surface area contributed by atoms with Gasteiger partial charge in [-0.1, -0.05) is 17.3 Å². The molecule has 0 aliphatic carbocycles. The number of hydrogen-bond acceptors (Lipinski definition) is 4. The maximum atomic E-state index is 14.1. The van der Waals surface area contributed by atoms with Crippen LogP contribution >= 0.6 is 0 Å². The first-order valence-electron chi connectivity index (χ1n) is 6.24. The van der Waals surface area contributed by atoms with E-state index in [1.165, 1.54) is 6.07 Å². The van der Waals surface area contributed by atoms with Gasteiger partial charge in [0.15, 0.2) is 0 Å². The Hall–Kier alpha value is -1.95. The van der Waals surface area contributed by atoms with E-state index in [1.807, 2.05) is 11.0 Å². The number of para-hydroxylation sites is 1. The van der Waals surface area contributed by atoms with E-state index >= 15 is 0 Å². The Kier molecular flexibility index (Phi) is 3.16. The van der Waals surface area contributed by atoms with Crippen molar-refractivity contribution in [1.29, 1.82) is 0 Å². The van der Waals surface area contributed by atoms with Gasteiger partial charge in [0, 0.05) is 30.9 Å². The van der Waals surface area contributed by atoms with Crippen LogP contribution in [0.5, 0.6) is 0 Å². The van der Waals surface area contributed by atoms with Gasteiger partial charge in [0.2, 0.25) is 0 Å². The SMILES string of the molecule is N[C@@H]1CCN(c2c(F)cccc2[CH]n2ccnn2)C1. The molecule has 1 atom stereocenters. The molecule has 0 bridgehead atoms. The molecule has 1 aromatic carbocycles. The summed E-state index contributed by atoms with van der Waals surface area (Å²) in [5, 5.41) is 7.60. The van der Waals surface area contributed by atoms with E-state index in [0.717, 1.165) is 18.5 Å². The zero-order valence-electron chi connectivity index (χ0n) is 10.4. The minimum Gasteiger partial charge on any atom is -0.367 e. The van der Waals surface area contributed by atoms with Gasteiger partial charge in [-0.25, -0.2) is 9.07 Å². The van der Waals surface area contributed by atoms with E-state index < -0.39 is 0 Å². The Balaban J connectivity index is 1.93. The van der Waals surface area contributed by atoms with Crippen LogP contribution in [0.15, 0.2) is 30.6 Å². The fourth-order valence-corrected chi connectivity index (χ4v) is 2.39. The third-order valence-electron chi connectivity index (χ3n) is 3.27. The van der Waals surface area contributed by atoms with Crippen molar-refractivity contribution < 1.29 is 4.39 Å². The van der Waals surface area contributed by atoms with Gasteiger partial charge in [-0.3, -0.25) is 0 Å². The van der Waals surface area contributed by atoms with E-state index in [1.54, 1.807) is 29.7 Å². The van der Waals surface area contributed by atoms with Gasteiger partial charge >= 0.3 is 0 Å². The average molecular weight is 260 g/mol. The van der Waals surface area contributed by atoms with Crippen LogP contribution in [-0.4, -0.2) is 34.1 Å². The van der Waals surface area contributed by atoms with E-state index in [9.17, 15) is 4.39 Å². The zero-order chi connectivity index (χ0) is 13.2. The number of halogens is 1. The predicted molar refractivity (Wildman–Crippen MR) is 70.0 cm³/mol. The van der Waals surface area contributed by atoms with E-state index in [4.69, 9.17) is 5.73 Å². The summed E-state index contributed by atoms with van der Waals surface area (Å²) in [4.78, 5) is 1.99. The molecule has 0 amide bonds. The van der Waals surface area contributed by atoms with E-state index in [-0.39, 0.29) is 11.9 Å². The third kappa shape index (κ3) is 2.44. The fraction of sp³-hybridized carbons (Fsp3) is 0.308. The predicted octanol–water partition coefficient (Wildman–Crippen LogP) is 1.01. The Morgan fingerprint density at radius 2 is 2.32 bits per heavy atom. The van der Waals surface area contributed by atoms with Crippen molar-refractivity contribution in [3.63, 3.8) is 0 Å². The van der Waals surface area contributed by atoms with Crippen LogP contribution in [0.2, 0.25) is 0 Å². The van der Waals surface area contributed by atoms with Crippen molar-refractivity contribution in [2.24, 2.45) is 5.73 Å². The molecule has 0 spiro atoms. The van der Waals surface area contributed by atoms with Gasteiger partial charge in [-0.05, 0) is 12.5 Å². The number of nitrogens with two attached hydrogens (primary N) is 1. The number of anilines is 1. The van der Waals surface area contributed by atoms with Crippen LogP contribution in [-0.2, 0) is 0 Å². The molecule has 2 aromatic rings. The van der Waals surface area contributed by atoms with Crippen LogP contribution in [0, 0.1) is 12.4 Å². The summed E-state index contributed by atoms with van der Waals surface area (Å²) in [5.74, 6) is -0.233. The summed E-state index contributed by atoms with van der Waals surface area (Å²) >= 11 is 0. The van der Waals surface area contributed by atoms with Crippen molar-refractivity contribution in [3.05, 3.63) is 48.5 Å². The molecular formula is C13H15FN5. The smallest absolute Gasteiger partial charge is 0.146 e. The van der Waals surface area contributed by atoms with Gasteiger partial charge in [-0.15, -0.1) is 5.10 Å². The van der Waals surface area contributed by atoms with Gasteiger partial charge in [0.05, 0.1) is 11.9 Å². The molecule has 1 radical (unpaired) electrons. The van der Waals surface area contributed by atoms with Gasteiger partial charge in [0.1, 0.15) is 12.4 Å². The lowest BCUT2D eigenvalue weighted by molar-refractivity contribution is 0.620. The third-order valence-corrected chi connectivity index (χ3v) is 3.27. The second kappa shape index (κ2) is 4.97. The van der Waals surface area contributed by atoms with Crippen LogP contribution in [0.25, 0.3) is 0 Å². The maximum absolute atomic E-state index is 14.1. The van der Waals surface area contributed by atoms with Gasteiger partial charge in [0.25, 0.3) is 0 Å². The molecule has 6 heteroatoms. The van der Waals surface area contributed by atoms with E-state index in [0.29, 0.717) is 12.2 Å². The fourth-order valence-electron chi connectivity index (χ4n) is 2.39. The second-order valence-electron chi connectivity index (χ2n) is 4.68. The monoisotopic (exact) mass is 260 g/mol. The highest BCUT2D eigenvalue weighted by molar-refractivity contribution is 5.58. The van der Waals surface area contributed by atoms with Crippen molar-refractivity contribution in [1.82, 2.24) is 15.0 Å². The normalized spacial score (nSPS) is 19.1. The van der Waals surface area contributed by atoms with E-state index in [2.05, 4.69) is 10.3 Å². The highest BCUT2D eigenvalue weighted by Gasteiger charge is 2.24. The zero-order valence-corrected chi connectivity index (χ0v) is 10.4. The Bertz CT molecular complexity index is 554. The van der Waals surface area contributed by atoms with Crippen molar-refractivity contribution in [3.8, 4) is 0 Å². The standard InChI is InChI=1S/C13H15FN5/c14-12-3-1-2-10(8-19-7-5-16-17-19)13(12)18-6-4-11(15)9-18/h1-3,5,7-8,11H,4,6,9,15H2/t11-/m1/s1. The lowest BCUT2D eigenvalue weighted by Crippen LogP contribution is -2.27. The molecular weight excluding hydrogens is 245 g/mol. The maximum Gasteiger partial charge on any atom is 0.146 e. The summed E-state index contributed by atoms with van der Waals surface area (Å²) in [7, 11) is 0. The molecule has 1 saturated heterocycles. The molecule has 1 fully saturated rings. The molecule has 2 heterocycles. The molecule has 1 aliphatic rings. The molecule has 99 valence electrons. The number of nitrogens with zero attached hydrogens (tertiary/aromatic N) is 4. The van der Waals surface area contributed by atoms with Crippen LogP contribution in [0.1, 0.15) is 12.0 Å². The first-order chi connectivity index (χ1) is 9.24. The second-order valence-corrected chi connectivity index (χ2v) is 4.68. The summed E-state index contributed by atoms with van der Waals surface area (Å²) in [6.45, 7) is 3.22. The molecule has 5 nitrogen and oxygen atoms in total. The topological polar surface area (TPSA) is 60.0 Å². The van der Waals surface area contributed by atoms with Crippen molar-refractivity contribution >= 4 is 5.69 Å². The highest BCUT2D eigenvalue weighted by atomic mass is 19.1. The lowest BCUT2D eigenvalue weighted by Gasteiger charge is -2.22. The lowest BCUT2D eigenvalue weighted by atomic mass is 10.1. The summed E-state index contributed by atoms with van der Waals surface area (Å²) in [6, 6.07) is 5.14. The molecule has 1 aliphatic heterocycles. The van der Waals surface area contributed by atoms with Crippen LogP contribution < -0.4 is 10.6 Å². The van der Waals surface area contributed by atoms with Crippen molar-refractivity contribution in [2.45, 2.75) is 12.5 Å². The number of aromatic nitrogens is 3. The first kappa shape index (κ1) is 12.1. The molecule has 1 aromatic heterocycles. The quantitative estimate of drug-likeness (QED) is 0.895.